The van der Waals surface area contributed by atoms with Gasteiger partial charge in [0.05, 0.1) is 0 Å². The standard InChI is InChI=1S/C25H22ClN3O2/c1-16-6-8-18(9-7-16)15-29-23(19-10-12-21(26)13-11-19)22(25(31)28-29)27-24(30)20-5-3-4-17(2)14-20/h3-15,22-23H,1-2H3,(H-,27,28,30,31)/p+1/b29-15-/t22-,23+/m1/s1. The van der Waals surface area contributed by atoms with Crippen molar-refractivity contribution >= 4 is 29.6 Å². The summed E-state index contributed by atoms with van der Waals surface area (Å²) in [6, 6.07) is 21.4. The van der Waals surface area contributed by atoms with Crippen molar-refractivity contribution in [3.05, 3.63) is 106 Å². The van der Waals surface area contributed by atoms with E-state index in [-0.39, 0.29) is 11.8 Å². The Morgan fingerprint density at radius 1 is 1.00 bits per heavy atom. The van der Waals surface area contributed by atoms with Crippen LogP contribution in [0.1, 0.15) is 38.7 Å². The summed E-state index contributed by atoms with van der Waals surface area (Å²) in [5.74, 6) is -0.565. The second kappa shape index (κ2) is 8.74. The molecule has 1 heterocycles. The summed E-state index contributed by atoms with van der Waals surface area (Å²) in [4.78, 5) is 25.8. The summed E-state index contributed by atoms with van der Waals surface area (Å²) in [6.45, 7) is 3.95. The highest BCUT2D eigenvalue weighted by atomic mass is 35.5. The Labute approximate surface area is 186 Å². The molecule has 1 saturated heterocycles. The van der Waals surface area contributed by atoms with Crippen LogP contribution in [0.25, 0.3) is 0 Å². The summed E-state index contributed by atoms with van der Waals surface area (Å²) < 4.78 is 1.75. The summed E-state index contributed by atoms with van der Waals surface area (Å²) >= 11 is 6.07. The molecular weight excluding hydrogens is 410 g/mol. The molecule has 0 aliphatic carbocycles. The Morgan fingerprint density at radius 3 is 2.39 bits per heavy atom. The second-order valence-electron chi connectivity index (χ2n) is 7.74. The van der Waals surface area contributed by atoms with Crippen LogP contribution in [0.3, 0.4) is 0 Å². The molecule has 2 N–H and O–H groups in total. The molecule has 156 valence electrons. The molecule has 2 atom stereocenters. The van der Waals surface area contributed by atoms with E-state index < -0.39 is 12.1 Å². The smallest absolute Gasteiger partial charge is 0.304 e. The lowest BCUT2D eigenvalue weighted by molar-refractivity contribution is -0.596. The Hall–Kier alpha value is -3.44. The van der Waals surface area contributed by atoms with Crippen molar-refractivity contribution in [2.45, 2.75) is 25.9 Å². The van der Waals surface area contributed by atoms with Gasteiger partial charge < -0.3 is 5.32 Å². The van der Waals surface area contributed by atoms with Crippen LogP contribution in [0.2, 0.25) is 5.02 Å². The molecule has 0 aromatic heterocycles. The zero-order valence-corrected chi connectivity index (χ0v) is 18.1. The minimum Gasteiger partial charge on any atom is -0.334 e. The number of hydrogen-bond donors (Lipinski definition) is 2. The minimum absolute atomic E-state index is 0.274. The molecule has 31 heavy (non-hydrogen) atoms. The number of hydrogen-bond acceptors (Lipinski definition) is 2. The van der Waals surface area contributed by atoms with Crippen molar-refractivity contribution in [1.82, 2.24) is 10.7 Å². The van der Waals surface area contributed by atoms with Gasteiger partial charge in [0.25, 0.3) is 5.91 Å². The number of nitrogens with zero attached hydrogens (tertiary/aromatic N) is 1. The van der Waals surface area contributed by atoms with Gasteiger partial charge in [-0.2, -0.15) is 0 Å². The third-order valence-electron chi connectivity index (χ3n) is 5.28. The van der Waals surface area contributed by atoms with Gasteiger partial charge in [0.15, 0.2) is 6.04 Å². The number of amides is 2. The van der Waals surface area contributed by atoms with Crippen LogP contribution in [-0.4, -0.2) is 28.8 Å². The number of aryl methyl sites for hydroxylation is 2. The number of halogens is 1. The molecular formula is C25H23ClN3O2+. The predicted molar refractivity (Wildman–Crippen MR) is 121 cm³/mol. The minimum atomic E-state index is -0.768. The quantitative estimate of drug-likeness (QED) is 0.613. The molecule has 0 spiro atoms. The molecule has 4 rings (SSSR count). The maximum absolute atomic E-state index is 12.9. The SMILES string of the molecule is Cc1ccc(/C=[N+]2\NC(=O)[C@H](NC(=O)c3cccc(C)c3)[C@@H]2c2ccc(Cl)cc2)cc1. The maximum atomic E-state index is 12.9. The Morgan fingerprint density at radius 2 is 1.71 bits per heavy atom. The molecule has 0 radical (unpaired) electrons. The number of benzene rings is 3. The first-order chi connectivity index (χ1) is 14.9. The third-order valence-corrected chi connectivity index (χ3v) is 5.53. The first-order valence-electron chi connectivity index (χ1n) is 10.0. The van der Waals surface area contributed by atoms with Gasteiger partial charge >= 0.3 is 5.91 Å². The van der Waals surface area contributed by atoms with Gasteiger partial charge in [-0.25, -0.2) is 0 Å². The Kier molecular flexibility index (Phi) is 5.87. The van der Waals surface area contributed by atoms with Crippen LogP contribution in [0.15, 0.2) is 72.8 Å². The summed E-state index contributed by atoms with van der Waals surface area (Å²) in [6.07, 6.45) is 1.87. The van der Waals surface area contributed by atoms with Crippen LogP contribution >= 0.6 is 11.6 Å². The molecule has 1 fully saturated rings. The fraction of sp³-hybridized carbons (Fsp3) is 0.160. The number of nitrogens with one attached hydrogen (secondary N) is 2. The third kappa shape index (κ3) is 4.67. The van der Waals surface area contributed by atoms with E-state index in [1.54, 1.807) is 28.9 Å². The van der Waals surface area contributed by atoms with E-state index in [9.17, 15) is 9.59 Å². The van der Waals surface area contributed by atoms with E-state index in [4.69, 9.17) is 11.6 Å². The molecule has 0 bridgehead atoms. The summed E-state index contributed by atoms with van der Waals surface area (Å²) in [5, 5.41) is 3.52. The van der Waals surface area contributed by atoms with Crippen molar-refractivity contribution in [2.75, 3.05) is 0 Å². The zero-order valence-electron chi connectivity index (χ0n) is 17.3. The van der Waals surface area contributed by atoms with E-state index in [1.807, 2.05) is 68.6 Å². The average Bonchev–Trinajstić information content (AvgIpc) is 3.05. The number of rotatable bonds is 4. The molecule has 1 aliphatic rings. The van der Waals surface area contributed by atoms with Crippen molar-refractivity contribution in [3.63, 3.8) is 0 Å². The maximum Gasteiger partial charge on any atom is 0.304 e. The number of carbonyl (C=O) groups excluding carboxylic acids is 2. The Balaban J connectivity index is 1.70. The van der Waals surface area contributed by atoms with Crippen LogP contribution in [0.5, 0.6) is 0 Å². The fourth-order valence-electron chi connectivity index (χ4n) is 3.66. The molecule has 6 heteroatoms. The number of carbonyl (C=O) groups is 2. The van der Waals surface area contributed by atoms with Crippen LogP contribution in [0.4, 0.5) is 0 Å². The van der Waals surface area contributed by atoms with E-state index in [0.717, 1.165) is 22.3 Å². The highest BCUT2D eigenvalue weighted by Gasteiger charge is 2.47. The van der Waals surface area contributed by atoms with Crippen LogP contribution in [0, 0.1) is 13.8 Å². The zero-order chi connectivity index (χ0) is 22.0. The van der Waals surface area contributed by atoms with Gasteiger partial charge in [0.1, 0.15) is 0 Å². The summed E-state index contributed by atoms with van der Waals surface area (Å²) in [7, 11) is 0. The molecule has 0 unspecified atom stereocenters. The molecule has 5 nitrogen and oxygen atoms in total. The highest BCUT2D eigenvalue weighted by Crippen LogP contribution is 2.27. The topological polar surface area (TPSA) is 61.2 Å². The first kappa shape index (κ1) is 20.8. The fourth-order valence-corrected chi connectivity index (χ4v) is 3.79. The van der Waals surface area contributed by atoms with Crippen molar-refractivity contribution in [3.8, 4) is 0 Å². The van der Waals surface area contributed by atoms with Gasteiger partial charge in [-0.3, -0.25) is 9.59 Å². The van der Waals surface area contributed by atoms with E-state index in [1.165, 1.54) is 0 Å². The first-order valence-corrected chi connectivity index (χ1v) is 10.4. The lowest BCUT2D eigenvalue weighted by Gasteiger charge is -2.15. The second-order valence-corrected chi connectivity index (χ2v) is 8.18. The van der Waals surface area contributed by atoms with E-state index >= 15 is 0 Å². The van der Waals surface area contributed by atoms with E-state index in [0.29, 0.717) is 10.6 Å². The molecule has 3 aromatic rings. The van der Waals surface area contributed by atoms with Crippen LogP contribution in [-0.2, 0) is 4.79 Å². The molecule has 1 aliphatic heterocycles. The normalized spacial score (nSPS) is 19.3. The van der Waals surface area contributed by atoms with Gasteiger partial charge in [-0.15, -0.1) is 10.1 Å². The summed E-state index contributed by atoms with van der Waals surface area (Å²) in [5.41, 5.74) is 7.34. The largest absolute Gasteiger partial charge is 0.334 e. The van der Waals surface area contributed by atoms with Gasteiger partial charge in [0.2, 0.25) is 12.3 Å². The van der Waals surface area contributed by atoms with Gasteiger partial charge in [0, 0.05) is 21.7 Å². The molecule has 0 saturated carbocycles. The number of hydrazone groups is 1. The van der Waals surface area contributed by atoms with Crippen molar-refractivity contribution < 1.29 is 14.3 Å². The Bertz CT molecular complexity index is 1150. The van der Waals surface area contributed by atoms with Crippen molar-refractivity contribution in [1.29, 1.82) is 0 Å². The van der Waals surface area contributed by atoms with Gasteiger partial charge in [-0.1, -0.05) is 59.1 Å². The average molecular weight is 433 g/mol. The lowest BCUT2D eigenvalue weighted by atomic mass is 9.99. The monoisotopic (exact) mass is 432 g/mol. The predicted octanol–water partition coefficient (Wildman–Crippen LogP) is 3.97. The lowest BCUT2D eigenvalue weighted by Crippen LogP contribution is -2.42. The highest BCUT2D eigenvalue weighted by molar-refractivity contribution is 6.30. The molecule has 2 amide bonds. The number of hydrazine groups is 1. The van der Waals surface area contributed by atoms with Crippen LogP contribution < -0.4 is 10.7 Å². The van der Waals surface area contributed by atoms with E-state index in [2.05, 4.69) is 10.7 Å². The molecule has 3 aromatic carbocycles. The van der Waals surface area contributed by atoms with Crippen molar-refractivity contribution in [2.24, 2.45) is 0 Å². The van der Waals surface area contributed by atoms with Gasteiger partial charge in [-0.05, 0) is 50.2 Å².